The zero-order valence-electron chi connectivity index (χ0n) is 8.61. The first-order chi connectivity index (χ1) is 7.71. The van der Waals surface area contributed by atoms with Crippen LogP contribution in [0.5, 0.6) is 0 Å². The minimum absolute atomic E-state index is 0.557. The van der Waals surface area contributed by atoms with E-state index in [1.54, 1.807) is 11.3 Å². The normalized spacial score (nSPS) is 12.3. The van der Waals surface area contributed by atoms with E-state index in [9.17, 15) is 0 Å². The van der Waals surface area contributed by atoms with Gasteiger partial charge in [-0.25, -0.2) is 4.99 Å². The molecule has 0 bridgehead atoms. The van der Waals surface area contributed by atoms with Gasteiger partial charge in [0.15, 0.2) is 0 Å². The van der Waals surface area contributed by atoms with Gasteiger partial charge in [0.05, 0.1) is 9.36 Å². The van der Waals surface area contributed by atoms with Crippen LogP contribution < -0.4 is 0 Å². The Labute approximate surface area is 112 Å². The molecule has 16 heavy (non-hydrogen) atoms. The van der Waals surface area contributed by atoms with E-state index >= 15 is 0 Å². The Morgan fingerprint density at radius 2 is 2.44 bits per heavy atom. The van der Waals surface area contributed by atoms with E-state index < -0.39 is 0 Å². The summed E-state index contributed by atoms with van der Waals surface area (Å²) in [5, 5.41) is 9.75. The summed E-state index contributed by atoms with van der Waals surface area (Å²) in [6, 6.07) is 6.06. The van der Waals surface area contributed by atoms with Gasteiger partial charge in [0.2, 0.25) is 0 Å². The molecular formula is C11H9BrN2S2. The smallest absolute Gasteiger partial charge is 0.114 e. The van der Waals surface area contributed by atoms with Crippen molar-refractivity contribution in [1.82, 2.24) is 0 Å². The summed E-state index contributed by atoms with van der Waals surface area (Å²) < 4.78 is 1.04. The molecule has 0 saturated heterocycles. The number of nitriles is 1. The van der Waals surface area contributed by atoms with Gasteiger partial charge in [0.1, 0.15) is 11.1 Å². The van der Waals surface area contributed by atoms with Gasteiger partial charge < -0.3 is 0 Å². The maximum Gasteiger partial charge on any atom is 0.114 e. The first kappa shape index (κ1) is 13.2. The van der Waals surface area contributed by atoms with Crippen LogP contribution in [0, 0.1) is 11.3 Å². The maximum atomic E-state index is 9.07. The number of halogens is 1. The minimum atomic E-state index is 0.557. The highest BCUT2D eigenvalue weighted by atomic mass is 79.9. The minimum Gasteiger partial charge on any atom is -0.249 e. The molecule has 0 N–H and O–H groups in total. The maximum absolute atomic E-state index is 9.07. The number of hydrogen-bond donors (Lipinski definition) is 0. The molecule has 0 spiro atoms. The van der Waals surface area contributed by atoms with Crippen molar-refractivity contribution in [2.45, 2.75) is 0 Å². The summed E-state index contributed by atoms with van der Waals surface area (Å²) in [6.45, 7) is 3.53. The number of hydrogen-bond acceptors (Lipinski definition) is 4. The summed E-state index contributed by atoms with van der Waals surface area (Å²) in [6.07, 6.45) is 5.16. The van der Waals surface area contributed by atoms with Crippen molar-refractivity contribution in [3.63, 3.8) is 0 Å². The van der Waals surface area contributed by atoms with E-state index in [1.165, 1.54) is 18.0 Å². The third kappa shape index (κ3) is 3.63. The van der Waals surface area contributed by atoms with Gasteiger partial charge in [-0.1, -0.05) is 6.58 Å². The van der Waals surface area contributed by atoms with Crippen molar-refractivity contribution in [2.75, 3.05) is 6.26 Å². The standard InChI is InChI=1S/C11H9BrN2S2/c1-3-14-11(15-2)8(7-13)6-9-4-5-10(12)16-9/h3-6H,1H2,2H3/b8-6+,14-11?. The Hall–Kier alpha value is -0.830. The molecule has 1 heterocycles. The number of thiophene rings is 1. The van der Waals surface area contributed by atoms with Crippen LogP contribution in [0.1, 0.15) is 4.88 Å². The van der Waals surface area contributed by atoms with Crippen molar-refractivity contribution in [3.8, 4) is 6.07 Å². The molecule has 82 valence electrons. The molecule has 0 aliphatic heterocycles. The van der Waals surface area contributed by atoms with E-state index in [1.807, 2.05) is 24.5 Å². The summed E-state index contributed by atoms with van der Waals surface area (Å²) in [4.78, 5) is 5.08. The van der Waals surface area contributed by atoms with Gasteiger partial charge in [-0.05, 0) is 40.4 Å². The second kappa shape index (κ2) is 6.69. The fourth-order valence-corrected chi connectivity index (χ4v) is 2.88. The third-order valence-electron chi connectivity index (χ3n) is 1.63. The lowest BCUT2D eigenvalue weighted by Crippen LogP contribution is -1.93. The van der Waals surface area contributed by atoms with Crippen LogP contribution in [0.15, 0.2) is 39.3 Å². The molecule has 0 aliphatic carbocycles. The number of thioether (sulfide) groups is 1. The lowest BCUT2D eigenvalue weighted by Gasteiger charge is -1.98. The van der Waals surface area contributed by atoms with Crippen LogP contribution in [-0.4, -0.2) is 11.3 Å². The Bertz CT molecular complexity index is 480. The molecule has 0 atom stereocenters. The molecule has 0 aromatic carbocycles. The summed E-state index contributed by atoms with van der Waals surface area (Å²) in [5.41, 5.74) is 0.557. The molecule has 5 heteroatoms. The summed E-state index contributed by atoms with van der Waals surface area (Å²) in [5.74, 6) is 0. The highest BCUT2D eigenvalue weighted by molar-refractivity contribution is 9.11. The van der Waals surface area contributed by atoms with E-state index in [4.69, 9.17) is 5.26 Å². The number of aliphatic imine (C=N–C) groups is 1. The monoisotopic (exact) mass is 312 g/mol. The molecular weight excluding hydrogens is 304 g/mol. The van der Waals surface area contributed by atoms with Crippen LogP contribution >= 0.6 is 39.0 Å². The largest absolute Gasteiger partial charge is 0.249 e. The summed E-state index contributed by atoms with van der Waals surface area (Å²) in [7, 11) is 0. The molecule has 0 amide bonds. The van der Waals surface area contributed by atoms with Crippen molar-refractivity contribution in [3.05, 3.63) is 39.1 Å². The van der Waals surface area contributed by atoms with Crippen LogP contribution in [0.4, 0.5) is 0 Å². The molecule has 1 aromatic rings. The van der Waals surface area contributed by atoms with Crippen molar-refractivity contribution < 1.29 is 0 Å². The number of rotatable bonds is 3. The Morgan fingerprint density at radius 1 is 1.69 bits per heavy atom. The molecule has 0 radical (unpaired) electrons. The highest BCUT2D eigenvalue weighted by Gasteiger charge is 2.05. The zero-order valence-corrected chi connectivity index (χ0v) is 11.8. The van der Waals surface area contributed by atoms with Gasteiger partial charge in [-0.2, -0.15) is 5.26 Å². The van der Waals surface area contributed by atoms with Crippen molar-refractivity contribution in [1.29, 1.82) is 5.26 Å². The molecule has 0 unspecified atom stereocenters. The lowest BCUT2D eigenvalue weighted by atomic mass is 10.2. The Morgan fingerprint density at radius 3 is 2.88 bits per heavy atom. The first-order valence-electron chi connectivity index (χ1n) is 4.31. The number of nitrogens with zero attached hydrogens (tertiary/aromatic N) is 2. The van der Waals surface area contributed by atoms with Crippen LogP contribution in [0.3, 0.4) is 0 Å². The van der Waals surface area contributed by atoms with Gasteiger partial charge >= 0.3 is 0 Å². The second-order valence-corrected chi connectivity index (χ2v) is 5.92. The molecule has 1 rings (SSSR count). The predicted octanol–water partition coefficient (Wildman–Crippen LogP) is 4.32. The topological polar surface area (TPSA) is 36.1 Å². The van der Waals surface area contributed by atoms with Gasteiger partial charge in [0.25, 0.3) is 0 Å². The molecule has 1 aromatic heterocycles. The van der Waals surface area contributed by atoms with Gasteiger partial charge in [-0.3, -0.25) is 0 Å². The molecule has 0 fully saturated rings. The van der Waals surface area contributed by atoms with Crippen molar-refractivity contribution >= 4 is 50.1 Å². The van der Waals surface area contributed by atoms with Crippen LogP contribution in [-0.2, 0) is 0 Å². The van der Waals surface area contributed by atoms with E-state index in [0.717, 1.165) is 8.66 Å². The van der Waals surface area contributed by atoms with Gasteiger partial charge in [0, 0.05) is 11.1 Å². The average molecular weight is 313 g/mol. The third-order valence-corrected chi connectivity index (χ3v) is 3.92. The highest BCUT2D eigenvalue weighted by Crippen LogP contribution is 2.25. The Balaban J connectivity index is 3.07. The second-order valence-electron chi connectivity index (χ2n) is 2.63. The van der Waals surface area contributed by atoms with Gasteiger partial charge in [-0.15, -0.1) is 23.1 Å². The van der Waals surface area contributed by atoms with E-state index in [0.29, 0.717) is 10.6 Å². The van der Waals surface area contributed by atoms with Crippen LogP contribution in [0.25, 0.3) is 6.08 Å². The van der Waals surface area contributed by atoms with Crippen molar-refractivity contribution in [2.24, 2.45) is 4.99 Å². The molecule has 0 saturated carbocycles. The first-order valence-corrected chi connectivity index (χ1v) is 7.15. The van der Waals surface area contributed by atoms with Crippen LogP contribution in [0.2, 0.25) is 0 Å². The fourth-order valence-electron chi connectivity index (χ4n) is 1.01. The molecule has 0 aliphatic rings. The molecule has 2 nitrogen and oxygen atoms in total. The SMILES string of the molecule is C=CN=C(SC)/C(C#N)=C/c1ccc(Br)s1. The Kier molecular flexibility index (Phi) is 5.53. The van der Waals surface area contributed by atoms with E-state index in [-0.39, 0.29) is 0 Å². The van der Waals surface area contributed by atoms with E-state index in [2.05, 4.69) is 33.6 Å². The predicted molar refractivity (Wildman–Crippen MR) is 76.8 cm³/mol. The summed E-state index contributed by atoms with van der Waals surface area (Å²) >= 11 is 6.39. The average Bonchev–Trinajstić information content (AvgIpc) is 2.69. The zero-order chi connectivity index (χ0) is 12.0. The lowest BCUT2D eigenvalue weighted by molar-refractivity contribution is 1.51. The fraction of sp³-hybridized carbons (Fsp3) is 0.0909. The quantitative estimate of drug-likeness (QED) is 0.473.